The van der Waals surface area contributed by atoms with E-state index in [1.54, 1.807) is 36.4 Å². The Morgan fingerprint density at radius 3 is 2.21 bits per heavy atom. The number of urea groups is 1. The topological polar surface area (TPSA) is 171 Å². The Morgan fingerprint density at radius 1 is 1.02 bits per heavy atom. The summed E-state index contributed by atoms with van der Waals surface area (Å²) in [7, 11) is -3.56. The fourth-order valence-electron chi connectivity index (χ4n) is 6.41. The molecule has 0 radical (unpaired) electrons. The van der Waals surface area contributed by atoms with Gasteiger partial charge in [-0.05, 0) is 61.8 Å². The Hall–Kier alpha value is -3.74. The monoisotopic (exact) mass is 687 g/mol. The number of hydrogen-bond acceptors (Lipinski definition) is 7. The van der Waals surface area contributed by atoms with Crippen LogP contribution in [0.2, 0.25) is 0 Å². The molecule has 2 aliphatic rings. The van der Waals surface area contributed by atoms with Gasteiger partial charge in [-0.1, -0.05) is 71.0 Å². The van der Waals surface area contributed by atoms with Crippen molar-refractivity contribution < 1.29 is 32.4 Å². The van der Waals surface area contributed by atoms with Gasteiger partial charge in [0.25, 0.3) is 5.91 Å². The largest absolute Gasteiger partial charge is 0.348 e. The van der Waals surface area contributed by atoms with Gasteiger partial charge in [-0.2, -0.15) is 0 Å². The van der Waals surface area contributed by atoms with Crippen molar-refractivity contribution in [2.75, 3.05) is 18.8 Å². The molecule has 13 heteroatoms. The van der Waals surface area contributed by atoms with Crippen molar-refractivity contribution in [3.05, 3.63) is 48.6 Å². The molecule has 0 bridgehead atoms. The summed E-state index contributed by atoms with van der Waals surface area (Å²) in [6, 6.07) is 5.06. The number of likely N-dealkylation sites (tertiary alicyclic amines) is 1. The number of carbonyl (C=O) groups excluding carboxylic acids is 5. The third kappa shape index (κ3) is 9.90. The summed E-state index contributed by atoms with van der Waals surface area (Å²) in [5.74, 6) is -3.58. The highest BCUT2D eigenvalue weighted by Crippen LogP contribution is 2.65. The van der Waals surface area contributed by atoms with E-state index in [2.05, 4.69) is 27.8 Å². The normalized spacial score (nSPS) is 21.2. The second kappa shape index (κ2) is 14.8. The molecule has 5 amide bonds. The van der Waals surface area contributed by atoms with Crippen LogP contribution in [0.25, 0.3) is 0 Å². The lowest BCUT2D eigenvalue weighted by Gasteiger charge is -2.38. The van der Waals surface area contributed by atoms with E-state index < -0.39 is 68.5 Å². The summed E-state index contributed by atoms with van der Waals surface area (Å²) < 4.78 is 25.1. The maximum absolute atomic E-state index is 14.1. The average Bonchev–Trinajstić information content (AvgIpc) is 3.27. The number of Topliss-reactive ketones (excluding diaryl/α,β-unsaturated/α-hetero) is 1. The highest BCUT2D eigenvalue weighted by atomic mass is 32.2. The average molecular weight is 688 g/mol. The van der Waals surface area contributed by atoms with Crippen LogP contribution in [0, 0.1) is 22.7 Å². The van der Waals surface area contributed by atoms with Crippen LogP contribution in [-0.4, -0.2) is 85.4 Å². The van der Waals surface area contributed by atoms with Crippen molar-refractivity contribution in [2.45, 2.75) is 97.6 Å². The number of allylic oxidation sites excluding steroid dienone is 1. The SMILES string of the molecule is C=CCCC(NC(=O)[C@@H]1[C@@H]2C(CN1C(=O)[C@@H](NC(=O)NC(C)(C)C)C(C)(C)C)C2(C)C)C(=O)C(=O)NCCS(=O)(=O)Cc1ccccc1. The number of rotatable bonds is 14. The van der Waals surface area contributed by atoms with Gasteiger partial charge in [-0.25, -0.2) is 13.2 Å². The Morgan fingerprint density at radius 2 is 1.65 bits per heavy atom. The molecule has 266 valence electrons. The molecule has 12 nitrogen and oxygen atoms in total. The van der Waals surface area contributed by atoms with Crippen LogP contribution in [0.3, 0.4) is 0 Å². The first-order chi connectivity index (χ1) is 22.1. The second-order valence-corrected chi connectivity index (χ2v) is 17.8. The van der Waals surface area contributed by atoms with Gasteiger partial charge in [0.1, 0.15) is 12.1 Å². The molecule has 1 aliphatic heterocycles. The van der Waals surface area contributed by atoms with Crippen molar-refractivity contribution in [1.82, 2.24) is 26.2 Å². The first-order valence-corrected chi connectivity index (χ1v) is 18.3. The highest BCUT2D eigenvalue weighted by molar-refractivity contribution is 7.90. The number of benzene rings is 1. The van der Waals surface area contributed by atoms with Crippen molar-refractivity contribution in [2.24, 2.45) is 22.7 Å². The van der Waals surface area contributed by atoms with Crippen molar-refractivity contribution in [3.63, 3.8) is 0 Å². The summed E-state index contributed by atoms with van der Waals surface area (Å²) in [4.78, 5) is 68.6. The van der Waals surface area contributed by atoms with E-state index in [0.29, 0.717) is 18.5 Å². The molecule has 1 saturated heterocycles. The number of ketones is 1. The summed E-state index contributed by atoms with van der Waals surface area (Å²) in [5.41, 5.74) is -0.834. The van der Waals surface area contributed by atoms with Crippen molar-refractivity contribution >= 4 is 39.4 Å². The van der Waals surface area contributed by atoms with E-state index in [-0.39, 0.29) is 41.7 Å². The molecule has 1 saturated carbocycles. The number of nitrogens with zero attached hydrogens (tertiary/aromatic N) is 1. The Kier molecular flexibility index (Phi) is 11.9. The molecule has 1 aromatic rings. The molecular formula is C35H53N5O7S. The van der Waals surface area contributed by atoms with Gasteiger partial charge in [0.15, 0.2) is 9.84 Å². The van der Waals surface area contributed by atoms with E-state index in [0.717, 1.165) is 0 Å². The molecule has 1 heterocycles. The Labute approximate surface area is 285 Å². The first kappa shape index (κ1) is 38.7. The molecule has 4 N–H and O–H groups in total. The van der Waals surface area contributed by atoms with Crippen LogP contribution in [0.4, 0.5) is 4.79 Å². The molecule has 0 aromatic heterocycles. The Bertz CT molecular complexity index is 1490. The van der Waals surface area contributed by atoms with Crippen LogP contribution in [0.1, 0.15) is 73.8 Å². The minimum Gasteiger partial charge on any atom is -0.348 e. The predicted octanol–water partition coefficient (Wildman–Crippen LogP) is 2.73. The quantitative estimate of drug-likeness (QED) is 0.172. The minimum absolute atomic E-state index is 0.0460. The zero-order chi connectivity index (χ0) is 36.2. The van der Waals surface area contributed by atoms with Gasteiger partial charge < -0.3 is 26.2 Å². The molecule has 1 aromatic carbocycles. The summed E-state index contributed by atoms with van der Waals surface area (Å²) >= 11 is 0. The van der Waals surface area contributed by atoms with Gasteiger partial charge >= 0.3 is 6.03 Å². The van der Waals surface area contributed by atoms with E-state index >= 15 is 0 Å². The Balaban J connectivity index is 1.74. The molecule has 2 fully saturated rings. The summed E-state index contributed by atoms with van der Waals surface area (Å²) in [6.45, 7) is 18.8. The smallest absolute Gasteiger partial charge is 0.315 e. The van der Waals surface area contributed by atoms with Gasteiger partial charge in [-0.15, -0.1) is 6.58 Å². The standard InChI is InChI=1S/C35H53N5O7S/c1-10-11-17-24(27(41)30(43)36-18-19-48(46,47)21-22-15-13-12-14-16-22)37-29(42)26-25-23(35(25,8)9)20-40(26)31(44)28(33(2,3)4)38-32(45)39-34(5,6)7/h10,12-16,23-26,28H,1,11,17-21H2,2-9H3,(H,36,43)(H,37,42)(H2,38,39,45)/t23?,24?,25-,26-,28+/m0/s1. The highest BCUT2D eigenvalue weighted by Gasteiger charge is 2.70. The molecule has 2 unspecified atom stereocenters. The third-order valence-electron chi connectivity index (χ3n) is 9.08. The first-order valence-electron chi connectivity index (χ1n) is 16.5. The van der Waals surface area contributed by atoms with Gasteiger partial charge in [0, 0.05) is 18.6 Å². The summed E-state index contributed by atoms with van der Waals surface area (Å²) in [6.07, 6.45) is 1.97. The molecule has 0 spiro atoms. The van der Waals surface area contributed by atoms with Crippen LogP contribution in [-0.2, 0) is 34.8 Å². The fraction of sp³-hybridized carbons (Fsp3) is 0.629. The molecule has 3 rings (SSSR count). The molecule has 48 heavy (non-hydrogen) atoms. The lowest BCUT2D eigenvalue weighted by Crippen LogP contribution is -2.62. The number of hydrogen-bond donors (Lipinski definition) is 4. The van der Waals surface area contributed by atoms with Crippen LogP contribution < -0.4 is 21.3 Å². The van der Waals surface area contributed by atoms with Crippen molar-refractivity contribution in [1.29, 1.82) is 0 Å². The van der Waals surface area contributed by atoms with Crippen LogP contribution >= 0.6 is 0 Å². The lowest BCUT2D eigenvalue weighted by molar-refractivity contribution is -0.145. The second-order valence-electron chi connectivity index (χ2n) is 15.7. The van der Waals surface area contributed by atoms with Gasteiger partial charge in [0.05, 0.1) is 17.5 Å². The summed E-state index contributed by atoms with van der Waals surface area (Å²) in [5, 5.41) is 10.8. The molecule has 5 atom stereocenters. The lowest BCUT2D eigenvalue weighted by atomic mass is 9.85. The third-order valence-corrected chi connectivity index (χ3v) is 10.7. The van der Waals surface area contributed by atoms with Crippen molar-refractivity contribution in [3.8, 4) is 0 Å². The van der Waals surface area contributed by atoms with E-state index in [4.69, 9.17) is 0 Å². The maximum atomic E-state index is 14.1. The van der Waals surface area contributed by atoms with Gasteiger partial charge in [0.2, 0.25) is 17.6 Å². The number of fused-ring (bicyclic) bond motifs is 1. The maximum Gasteiger partial charge on any atom is 0.315 e. The zero-order valence-electron chi connectivity index (χ0n) is 29.5. The number of nitrogens with one attached hydrogen (secondary N) is 4. The number of piperidine rings is 1. The fourth-order valence-corrected chi connectivity index (χ4v) is 7.67. The number of carbonyl (C=O) groups is 5. The van der Waals surface area contributed by atoms with E-state index in [9.17, 15) is 32.4 Å². The van der Waals surface area contributed by atoms with Crippen LogP contribution in [0.15, 0.2) is 43.0 Å². The van der Waals surface area contributed by atoms with E-state index in [1.165, 1.54) is 4.90 Å². The zero-order valence-corrected chi connectivity index (χ0v) is 30.3. The number of sulfone groups is 1. The minimum atomic E-state index is -3.56. The predicted molar refractivity (Wildman–Crippen MR) is 184 cm³/mol. The number of amides is 5. The van der Waals surface area contributed by atoms with Crippen LogP contribution in [0.5, 0.6) is 0 Å². The molecular weight excluding hydrogens is 634 g/mol. The molecule has 1 aliphatic carbocycles. The van der Waals surface area contributed by atoms with E-state index in [1.807, 2.05) is 55.4 Å². The van der Waals surface area contributed by atoms with Gasteiger partial charge in [-0.3, -0.25) is 19.2 Å².